The van der Waals surface area contributed by atoms with E-state index in [1.807, 2.05) is 42.5 Å². The molecule has 0 aliphatic heterocycles. The molecule has 0 unspecified atom stereocenters. The van der Waals surface area contributed by atoms with E-state index in [4.69, 9.17) is 8.83 Å². The van der Waals surface area contributed by atoms with Crippen molar-refractivity contribution in [2.24, 2.45) is 0 Å². The van der Waals surface area contributed by atoms with Gasteiger partial charge in [-0.3, -0.25) is 4.79 Å². The quantitative estimate of drug-likeness (QED) is 0.169. The molecule has 0 saturated heterocycles. The second kappa shape index (κ2) is 10.4. The second-order valence-corrected chi connectivity index (χ2v) is 15.2. The first-order valence-electron chi connectivity index (χ1n) is 18.5. The molecule has 0 spiro atoms. The van der Waals surface area contributed by atoms with Gasteiger partial charge in [0, 0.05) is 27.3 Å². The Kier molecular flexibility index (Phi) is 5.69. The van der Waals surface area contributed by atoms with E-state index in [9.17, 15) is 4.79 Å². The first-order chi connectivity index (χ1) is 26.5. The summed E-state index contributed by atoms with van der Waals surface area (Å²) in [5, 5.41) is 8.15. The van der Waals surface area contributed by atoms with Gasteiger partial charge in [0.25, 0.3) is 0 Å². The van der Waals surface area contributed by atoms with Crippen LogP contribution in [-0.4, -0.2) is 4.57 Å². The molecule has 1 aliphatic rings. The van der Waals surface area contributed by atoms with Gasteiger partial charge in [0.15, 0.2) is 0 Å². The number of nitrogens with zero attached hydrogens (tertiary/aromatic N) is 1. The lowest BCUT2D eigenvalue weighted by atomic mass is 9.81. The van der Waals surface area contributed by atoms with Crippen molar-refractivity contribution >= 4 is 76.5 Å². The highest BCUT2D eigenvalue weighted by atomic mass is 16.3. The van der Waals surface area contributed by atoms with Crippen molar-refractivity contribution in [1.82, 2.24) is 4.57 Å². The molecule has 0 N–H and O–H groups in total. The molecule has 0 bridgehead atoms. The Bertz CT molecular complexity index is 3500. The van der Waals surface area contributed by atoms with E-state index in [0.29, 0.717) is 21.9 Å². The average molecular weight is 694 g/mol. The van der Waals surface area contributed by atoms with Crippen LogP contribution in [0.4, 0.5) is 0 Å². The van der Waals surface area contributed by atoms with Crippen LogP contribution in [0.25, 0.3) is 104 Å². The minimum Gasteiger partial charge on any atom is -0.456 e. The highest BCUT2D eigenvalue weighted by Gasteiger charge is 2.41. The molecular weight excluding hydrogens is 663 g/mol. The molecule has 0 atom stereocenters. The summed E-state index contributed by atoms with van der Waals surface area (Å²) in [4.78, 5) is 13.2. The van der Waals surface area contributed by atoms with Crippen LogP contribution in [0.3, 0.4) is 0 Å². The van der Waals surface area contributed by atoms with Crippen LogP contribution >= 0.6 is 0 Å². The number of hydrogen-bond acceptors (Lipinski definition) is 3. The van der Waals surface area contributed by atoms with Gasteiger partial charge in [0.2, 0.25) is 5.43 Å². The lowest BCUT2D eigenvalue weighted by Gasteiger charge is -2.24. The molecule has 0 radical (unpaired) electrons. The predicted octanol–water partition coefficient (Wildman–Crippen LogP) is 13.1. The van der Waals surface area contributed by atoms with Crippen molar-refractivity contribution in [2.45, 2.75) is 19.3 Å². The highest BCUT2D eigenvalue weighted by Crippen LogP contribution is 2.57. The third-order valence-corrected chi connectivity index (χ3v) is 11.9. The van der Waals surface area contributed by atoms with Crippen molar-refractivity contribution in [2.75, 3.05) is 0 Å². The van der Waals surface area contributed by atoms with Gasteiger partial charge in [0.05, 0.1) is 27.2 Å². The van der Waals surface area contributed by atoms with Crippen LogP contribution in [-0.2, 0) is 5.41 Å². The van der Waals surface area contributed by atoms with Crippen LogP contribution in [0, 0.1) is 0 Å². The standard InChI is InChI=1S/C50H31NO3/c1-50(2)38-15-7-3-11-33(38)43-44-35-13-5-9-17-40(35)54-49(44)45-34-12-4-8-16-39(34)51(47(45)46(43)50)32-23-21-29-25-28(19-20-30(29)26-32)31-22-24-37-42(27-31)53-41-18-10-6-14-36(41)48(37)52/h3-27H,1-2H3. The SMILES string of the molecule is CC1(C)c2ccccc2-c2c1c1c(c3ccccc3n1-c1ccc3cc(-c4ccc5c(=O)c6ccccc6oc5c4)ccc3c1)c1oc3ccccc3c21. The summed E-state index contributed by atoms with van der Waals surface area (Å²) >= 11 is 0. The Hall–Kier alpha value is -6.91. The zero-order valence-electron chi connectivity index (χ0n) is 29.6. The topological polar surface area (TPSA) is 48.3 Å². The third-order valence-electron chi connectivity index (χ3n) is 11.9. The van der Waals surface area contributed by atoms with Crippen LogP contribution in [0.5, 0.6) is 0 Å². The minimum absolute atomic E-state index is 0.00605. The van der Waals surface area contributed by atoms with E-state index in [-0.39, 0.29) is 10.8 Å². The van der Waals surface area contributed by atoms with E-state index in [1.165, 1.54) is 38.5 Å². The Labute approximate surface area is 309 Å². The van der Waals surface area contributed by atoms with Crippen LogP contribution in [0.15, 0.2) is 165 Å². The summed E-state index contributed by atoms with van der Waals surface area (Å²) in [6, 6.07) is 52.8. The number of benzene rings is 8. The molecule has 0 amide bonds. The highest BCUT2D eigenvalue weighted by molar-refractivity contribution is 6.30. The first kappa shape index (κ1) is 29.6. The van der Waals surface area contributed by atoms with Gasteiger partial charge in [-0.2, -0.15) is 0 Å². The minimum atomic E-state index is -0.250. The van der Waals surface area contributed by atoms with Gasteiger partial charge >= 0.3 is 0 Å². The monoisotopic (exact) mass is 693 g/mol. The maximum absolute atomic E-state index is 13.2. The summed E-state index contributed by atoms with van der Waals surface area (Å²) in [6.45, 7) is 4.74. The number of aromatic nitrogens is 1. The Morgan fingerprint density at radius 1 is 0.537 bits per heavy atom. The van der Waals surface area contributed by atoms with Crippen molar-refractivity contribution in [3.63, 3.8) is 0 Å². The molecule has 0 fully saturated rings. The molecule has 1 aliphatic carbocycles. The zero-order valence-corrected chi connectivity index (χ0v) is 29.6. The van der Waals surface area contributed by atoms with Crippen molar-refractivity contribution in [1.29, 1.82) is 0 Å². The fraction of sp³-hybridized carbons (Fsp3) is 0.0600. The molecule has 3 aromatic heterocycles. The third kappa shape index (κ3) is 3.79. The Morgan fingerprint density at radius 2 is 1.19 bits per heavy atom. The molecule has 54 heavy (non-hydrogen) atoms. The van der Waals surface area contributed by atoms with E-state index >= 15 is 0 Å². The van der Waals surface area contributed by atoms with E-state index in [1.54, 1.807) is 0 Å². The molecule has 254 valence electrons. The van der Waals surface area contributed by atoms with Gasteiger partial charge in [-0.15, -0.1) is 0 Å². The molecule has 8 aromatic carbocycles. The van der Waals surface area contributed by atoms with E-state index < -0.39 is 0 Å². The van der Waals surface area contributed by atoms with E-state index in [2.05, 4.69) is 128 Å². The predicted molar refractivity (Wildman–Crippen MR) is 222 cm³/mol. The lowest BCUT2D eigenvalue weighted by molar-refractivity contribution is 0.660. The number of furan rings is 1. The van der Waals surface area contributed by atoms with Gasteiger partial charge in [0.1, 0.15) is 22.3 Å². The molecule has 11 aromatic rings. The first-order valence-corrected chi connectivity index (χ1v) is 18.5. The van der Waals surface area contributed by atoms with Gasteiger partial charge < -0.3 is 13.4 Å². The number of para-hydroxylation sites is 3. The van der Waals surface area contributed by atoms with Crippen molar-refractivity contribution in [3.05, 3.63) is 173 Å². The summed E-state index contributed by atoms with van der Waals surface area (Å²) in [6.07, 6.45) is 0. The average Bonchev–Trinajstić information content (AvgIpc) is 3.83. The zero-order chi connectivity index (χ0) is 35.9. The van der Waals surface area contributed by atoms with Crippen LogP contribution < -0.4 is 5.43 Å². The fourth-order valence-electron chi connectivity index (χ4n) is 9.48. The molecule has 4 heteroatoms. The molecule has 4 nitrogen and oxygen atoms in total. The molecule has 12 rings (SSSR count). The molecule has 0 saturated carbocycles. The lowest BCUT2D eigenvalue weighted by Crippen LogP contribution is -2.16. The van der Waals surface area contributed by atoms with Crippen LogP contribution in [0.1, 0.15) is 25.0 Å². The maximum Gasteiger partial charge on any atom is 0.200 e. The van der Waals surface area contributed by atoms with Gasteiger partial charge in [-0.05, 0) is 98.8 Å². The van der Waals surface area contributed by atoms with E-state index in [0.717, 1.165) is 55.0 Å². The fourth-order valence-corrected chi connectivity index (χ4v) is 9.48. The summed E-state index contributed by atoms with van der Waals surface area (Å²) in [5.74, 6) is 0. The van der Waals surface area contributed by atoms with Crippen molar-refractivity contribution < 1.29 is 8.83 Å². The second-order valence-electron chi connectivity index (χ2n) is 15.2. The summed E-state index contributed by atoms with van der Waals surface area (Å²) in [5.41, 5.74) is 13.5. The van der Waals surface area contributed by atoms with Gasteiger partial charge in [-0.1, -0.05) is 111 Å². The maximum atomic E-state index is 13.2. The molecular formula is C50H31NO3. The van der Waals surface area contributed by atoms with Crippen molar-refractivity contribution in [3.8, 4) is 27.9 Å². The Morgan fingerprint density at radius 3 is 2.06 bits per heavy atom. The number of fused-ring (bicyclic) bond motifs is 15. The number of hydrogen-bond donors (Lipinski definition) is 0. The summed E-state index contributed by atoms with van der Waals surface area (Å²) in [7, 11) is 0. The normalized spacial score (nSPS) is 13.6. The smallest absolute Gasteiger partial charge is 0.200 e. The van der Waals surface area contributed by atoms with Gasteiger partial charge in [-0.25, -0.2) is 0 Å². The Balaban J connectivity index is 1.10. The summed E-state index contributed by atoms with van der Waals surface area (Å²) < 4.78 is 15.5. The van der Waals surface area contributed by atoms with Crippen LogP contribution in [0.2, 0.25) is 0 Å². The number of rotatable bonds is 2. The largest absolute Gasteiger partial charge is 0.456 e. The molecule has 3 heterocycles.